The Bertz CT molecular complexity index is 389. The summed E-state index contributed by atoms with van der Waals surface area (Å²) in [5.74, 6) is 4.02. The van der Waals surface area contributed by atoms with E-state index in [4.69, 9.17) is 10.2 Å². The van der Waals surface area contributed by atoms with Crippen molar-refractivity contribution in [1.82, 2.24) is 0 Å². The van der Waals surface area contributed by atoms with E-state index < -0.39 is 0 Å². The van der Waals surface area contributed by atoms with Crippen molar-refractivity contribution in [3.63, 3.8) is 0 Å². The van der Waals surface area contributed by atoms with Gasteiger partial charge in [0.2, 0.25) is 0 Å². The molecule has 1 aromatic rings. The molecule has 2 unspecified atom stereocenters. The quantitative estimate of drug-likeness (QED) is 0.843. The van der Waals surface area contributed by atoms with E-state index in [1.54, 1.807) is 0 Å². The molecule has 0 spiro atoms. The van der Waals surface area contributed by atoms with Crippen LogP contribution in [0.1, 0.15) is 44.6 Å². The summed E-state index contributed by atoms with van der Waals surface area (Å²) in [5.41, 5.74) is 6.95. The minimum Gasteiger partial charge on any atom is -0.461 e. The van der Waals surface area contributed by atoms with Gasteiger partial charge in [-0.15, -0.1) is 0 Å². The molecule has 2 atom stereocenters. The maximum atomic E-state index is 5.83. The fraction of sp³-hybridized carbons (Fsp3) is 0.571. The molecule has 16 heavy (non-hydrogen) atoms. The third-order valence-electron chi connectivity index (χ3n) is 3.43. The van der Waals surface area contributed by atoms with Crippen molar-refractivity contribution in [2.45, 2.75) is 33.1 Å². The van der Waals surface area contributed by atoms with Gasteiger partial charge in [0.25, 0.3) is 0 Å². The van der Waals surface area contributed by atoms with Crippen molar-refractivity contribution in [1.29, 1.82) is 0 Å². The summed E-state index contributed by atoms with van der Waals surface area (Å²) in [6.07, 6.45) is 3.35. The molecule has 1 aromatic heterocycles. The first kappa shape index (κ1) is 11.5. The second kappa shape index (κ2) is 4.46. The summed E-state index contributed by atoms with van der Waals surface area (Å²) in [4.78, 5) is 0. The van der Waals surface area contributed by atoms with Gasteiger partial charge in [-0.1, -0.05) is 26.3 Å². The number of nitrogens with two attached hydrogens (primary N) is 1. The molecular weight excluding hydrogens is 198 g/mol. The molecule has 0 aliphatic heterocycles. The van der Waals surface area contributed by atoms with Gasteiger partial charge >= 0.3 is 0 Å². The molecule has 2 N–H and O–H groups in total. The van der Waals surface area contributed by atoms with Crippen molar-refractivity contribution < 1.29 is 4.42 Å². The number of hydrogen-bond donors (Lipinski definition) is 1. The van der Waals surface area contributed by atoms with Gasteiger partial charge in [0.1, 0.15) is 11.5 Å². The molecule has 0 saturated heterocycles. The number of furan rings is 1. The van der Waals surface area contributed by atoms with E-state index in [1.165, 1.54) is 12.0 Å². The second-order valence-corrected chi connectivity index (χ2v) is 5.14. The summed E-state index contributed by atoms with van der Waals surface area (Å²) in [6, 6.07) is 4.16. The van der Waals surface area contributed by atoms with Crippen LogP contribution in [0.2, 0.25) is 0 Å². The first-order chi connectivity index (χ1) is 7.61. The Morgan fingerprint density at radius 2 is 2.25 bits per heavy atom. The van der Waals surface area contributed by atoms with E-state index in [2.05, 4.69) is 39.0 Å². The maximum Gasteiger partial charge on any atom is 0.127 e. The summed E-state index contributed by atoms with van der Waals surface area (Å²) < 4.78 is 5.83. The van der Waals surface area contributed by atoms with Gasteiger partial charge in [0, 0.05) is 12.5 Å². The lowest BCUT2D eigenvalue weighted by molar-refractivity contribution is 0.497. The molecule has 0 aromatic carbocycles. The molecule has 1 aliphatic rings. The lowest BCUT2D eigenvalue weighted by atomic mass is 10.0. The van der Waals surface area contributed by atoms with Crippen molar-refractivity contribution in [3.05, 3.63) is 29.2 Å². The Morgan fingerprint density at radius 1 is 1.56 bits per heavy atom. The topological polar surface area (TPSA) is 39.2 Å². The summed E-state index contributed by atoms with van der Waals surface area (Å²) >= 11 is 0. The Kier molecular flexibility index (Phi) is 3.20. The standard InChI is InChI=1S/C14H21NO/c1-9(2)11(8-15)7-12-4-5-14(16-12)13-6-10(13)3/h4-5,7,9-10,13H,6,8,15H2,1-3H3. The van der Waals surface area contributed by atoms with E-state index in [9.17, 15) is 0 Å². The SMILES string of the molecule is CC(C)C(=Cc1ccc(C2CC2C)o1)CN. The van der Waals surface area contributed by atoms with Gasteiger partial charge in [-0.3, -0.25) is 0 Å². The minimum absolute atomic E-state index is 0.485. The number of rotatable bonds is 4. The predicted molar refractivity (Wildman–Crippen MR) is 67.1 cm³/mol. The van der Waals surface area contributed by atoms with Crippen LogP contribution in [0.25, 0.3) is 6.08 Å². The highest BCUT2D eigenvalue weighted by Gasteiger charge is 2.36. The minimum atomic E-state index is 0.485. The molecule has 0 amide bonds. The summed E-state index contributed by atoms with van der Waals surface area (Å²) in [5, 5.41) is 0. The van der Waals surface area contributed by atoms with Crippen LogP contribution >= 0.6 is 0 Å². The highest BCUT2D eigenvalue weighted by molar-refractivity contribution is 5.49. The van der Waals surface area contributed by atoms with E-state index >= 15 is 0 Å². The van der Waals surface area contributed by atoms with Crippen molar-refractivity contribution >= 4 is 6.08 Å². The Hall–Kier alpha value is -1.02. The van der Waals surface area contributed by atoms with E-state index in [0.717, 1.165) is 17.4 Å². The first-order valence-electron chi connectivity index (χ1n) is 6.12. The summed E-state index contributed by atoms with van der Waals surface area (Å²) in [7, 11) is 0. The molecule has 0 bridgehead atoms. The molecule has 88 valence electrons. The number of hydrogen-bond acceptors (Lipinski definition) is 2. The fourth-order valence-corrected chi connectivity index (χ4v) is 2.01. The van der Waals surface area contributed by atoms with E-state index in [1.807, 2.05) is 0 Å². The average Bonchev–Trinajstić information content (AvgIpc) is 2.79. The van der Waals surface area contributed by atoms with Crippen LogP contribution in [0.3, 0.4) is 0 Å². The van der Waals surface area contributed by atoms with Crippen molar-refractivity contribution in [3.8, 4) is 0 Å². The molecular formula is C14H21NO. The zero-order valence-corrected chi connectivity index (χ0v) is 10.4. The van der Waals surface area contributed by atoms with Crippen LogP contribution in [-0.2, 0) is 0 Å². The zero-order valence-electron chi connectivity index (χ0n) is 10.4. The Balaban J connectivity index is 2.12. The van der Waals surface area contributed by atoms with Crippen LogP contribution in [0.15, 0.2) is 22.1 Å². The van der Waals surface area contributed by atoms with Crippen LogP contribution < -0.4 is 5.73 Å². The zero-order chi connectivity index (χ0) is 11.7. The van der Waals surface area contributed by atoms with E-state index in [-0.39, 0.29) is 0 Å². The smallest absolute Gasteiger partial charge is 0.127 e. The molecule has 2 nitrogen and oxygen atoms in total. The molecule has 1 fully saturated rings. The highest BCUT2D eigenvalue weighted by Crippen LogP contribution is 2.47. The van der Waals surface area contributed by atoms with Gasteiger partial charge < -0.3 is 10.2 Å². The molecule has 2 rings (SSSR count). The third-order valence-corrected chi connectivity index (χ3v) is 3.43. The lowest BCUT2D eigenvalue weighted by Gasteiger charge is -2.06. The molecule has 1 saturated carbocycles. The van der Waals surface area contributed by atoms with Crippen LogP contribution in [0.4, 0.5) is 0 Å². The third kappa shape index (κ3) is 2.38. The predicted octanol–water partition coefficient (Wildman–Crippen LogP) is 3.40. The van der Waals surface area contributed by atoms with Crippen molar-refractivity contribution in [2.24, 2.45) is 17.6 Å². The molecule has 0 radical (unpaired) electrons. The lowest BCUT2D eigenvalue weighted by Crippen LogP contribution is -2.07. The summed E-state index contributed by atoms with van der Waals surface area (Å²) in [6.45, 7) is 7.19. The van der Waals surface area contributed by atoms with Crippen LogP contribution in [-0.4, -0.2) is 6.54 Å². The van der Waals surface area contributed by atoms with Gasteiger partial charge in [-0.2, -0.15) is 0 Å². The normalized spacial score (nSPS) is 25.2. The van der Waals surface area contributed by atoms with Gasteiger partial charge in [0.05, 0.1) is 0 Å². The second-order valence-electron chi connectivity index (χ2n) is 5.14. The van der Waals surface area contributed by atoms with Crippen LogP contribution in [0, 0.1) is 11.8 Å². The largest absolute Gasteiger partial charge is 0.461 e. The fourth-order valence-electron chi connectivity index (χ4n) is 2.01. The maximum absolute atomic E-state index is 5.83. The van der Waals surface area contributed by atoms with Gasteiger partial charge in [-0.05, 0) is 36.5 Å². The molecule has 2 heteroatoms. The monoisotopic (exact) mass is 219 g/mol. The Morgan fingerprint density at radius 3 is 2.75 bits per heavy atom. The highest BCUT2D eigenvalue weighted by atomic mass is 16.3. The van der Waals surface area contributed by atoms with Crippen molar-refractivity contribution in [2.75, 3.05) is 6.54 Å². The van der Waals surface area contributed by atoms with E-state index in [0.29, 0.717) is 18.4 Å². The van der Waals surface area contributed by atoms with Gasteiger partial charge in [0.15, 0.2) is 0 Å². The van der Waals surface area contributed by atoms with Crippen LogP contribution in [0.5, 0.6) is 0 Å². The molecule has 1 heterocycles. The average molecular weight is 219 g/mol. The van der Waals surface area contributed by atoms with Gasteiger partial charge in [-0.25, -0.2) is 0 Å². The first-order valence-corrected chi connectivity index (χ1v) is 6.12. The molecule has 1 aliphatic carbocycles. The Labute approximate surface area is 97.5 Å².